The number of rotatable bonds is 1. The van der Waals surface area contributed by atoms with E-state index in [2.05, 4.69) is 37.4 Å². The van der Waals surface area contributed by atoms with Gasteiger partial charge in [-0.1, -0.05) is 32.0 Å². The molecule has 19 heavy (non-hydrogen) atoms. The Morgan fingerprint density at radius 1 is 1.16 bits per heavy atom. The zero-order valence-electron chi connectivity index (χ0n) is 11.1. The number of para-hydroxylation sites is 1. The Kier molecular flexibility index (Phi) is 2.45. The average Bonchev–Trinajstić information content (AvgIpc) is 2.60. The van der Waals surface area contributed by atoms with Crippen LogP contribution in [0.15, 0.2) is 38.8 Å². The number of anilines is 1. The van der Waals surface area contributed by atoms with Crippen LogP contribution < -0.4 is 15.8 Å². The Hall–Kier alpha value is -1.55. The van der Waals surface area contributed by atoms with Crippen molar-refractivity contribution in [1.82, 2.24) is 0 Å². The summed E-state index contributed by atoms with van der Waals surface area (Å²) in [7, 11) is 1.96. The van der Waals surface area contributed by atoms with E-state index in [1.54, 1.807) is 0 Å². The Labute approximate surface area is 117 Å². The predicted octanol–water partition coefficient (Wildman–Crippen LogP) is 2.04. The second-order valence-electron chi connectivity index (χ2n) is 5.67. The molecule has 0 saturated heterocycles. The monoisotopic (exact) mass is 273 g/mol. The van der Waals surface area contributed by atoms with Crippen molar-refractivity contribution in [3.05, 3.63) is 55.8 Å². The van der Waals surface area contributed by atoms with E-state index in [0.29, 0.717) is 10.5 Å². The Morgan fingerprint density at radius 3 is 2.37 bits per heavy atom. The van der Waals surface area contributed by atoms with E-state index in [1.807, 2.05) is 25.2 Å². The molecular formula is C15H15NO2S. The van der Waals surface area contributed by atoms with Crippen molar-refractivity contribution >= 4 is 18.3 Å². The highest BCUT2D eigenvalue weighted by atomic mass is 32.1. The molecule has 1 aliphatic rings. The second-order valence-corrected chi connectivity index (χ2v) is 6.12. The molecular weight excluding hydrogens is 258 g/mol. The molecule has 0 aromatic heterocycles. The number of benzene rings is 1. The summed E-state index contributed by atoms with van der Waals surface area (Å²) in [5, 5.41) is 0. The topological polar surface area (TPSA) is 37.4 Å². The lowest BCUT2D eigenvalue weighted by atomic mass is 9.76. The summed E-state index contributed by atoms with van der Waals surface area (Å²) in [6, 6.07) is 7.98. The maximum Gasteiger partial charge on any atom is 0.239 e. The molecule has 0 spiro atoms. The van der Waals surface area contributed by atoms with Crippen molar-refractivity contribution in [2.24, 2.45) is 0 Å². The number of hydrogen-bond donors (Lipinski definition) is 1. The smallest absolute Gasteiger partial charge is 0.239 e. The Balaban J connectivity index is 2.22. The summed E-state index contributed by atoms with van der Waals surface area (Å²) >= 11 is 4.19. The first-order valence-corrected chi connectivity index (χ1v) is 6.66. The van der Waals surface area contributed by atoms with Crippen molar-refractivity contribution in [3.8, 4) is 0 Å². The second kappa shape index (κ2) is 3.73. The van der Waals surface area contributed by atoms with Crippen molar-refractivity contribution in [3.63, 3.8) is 0 Å². The third-order valence-electron chi connectivity index (χ3n) is 4.24. The van der Waals surface area contributed by atoms with Gasteiger partial charge in [0.2, 0.25) is 10.9 Å². The molecule has 3 nitrogen and oxygen atoms in total. The van der Waals surface area contributed by atoms with Gasteiger partial charge in [0, 0.05) is 23.7 Å². The Morgan fingerprint density at radius 2 is 1.79 bits per heavy atom. The highest BCUT2D eigenvalue weighted by Gasteiger charge is 2.47. The van der Waals surface area contributed by atoms with E-state index in [9.17, 15) is 9.59 Å². The maximum atomic E-state index is 11.9. The third-order valence-corrected chi connectivity index (χ3v) is 4.69. The SMILES string of the molecule is CN1c2ccccc2C(C)(C)C1c1c(S)c(=O)c1=O. The van der Waals surface area contributed by atoms with Gasteiger partial charge in [-0.25, -0.2) is 0 Å². The first-order chi connectivity index (χ1) is 8.87. The van der Waals surface area contributed by atoms with Crippen LogP contribution in [-0.2, 0) is 5.41 Å². The molecule has 1 unspecified atom stereocenters. The fourth-order valence-electron chi connectivity index (χ4n) is 3.30. The molecule has 1 atom stereocenters. The number of nitrogens with zero attached hydrogens (tertiary/aromatic N) is 1. The summed E-state index contributed by atoms with van der Waals surface area (Å²) in [5.41, 5.74) is 1.80. The van der Waals surface area contributed by atoms with Crippen molar-refractivity contribution in [2.45, 2.75) is 30.2 Å². The standard InChI is InChI=1S/C15H15NO2S/c1-15(2)8-6-4-5-7-9(8)16(3)14(15)10-11(17)12(18)13(10)19/h4-7,14,19H,1-3H3. The molecule has 0 aliphatic carbocycles. The van der Waals surface area contributed by atoms with Gasteiger partial charge in [-0.2, -0.15) is 0 Å². The van der Waals surface area contributed by atoms with Crippen molar-refractivity contribution in [2.75, 3.05) is 11.9 Å². The van der Waals surface area contributed by atoms with Gasteiger partial charge in [-0.05, 0) is 11.6 Å². The maximum absolute atomic E-state index is 11.9. The average molecular weight is 273 g/mol. The van der Waals surface area contributed by atoms with Gasteiger partial charge in [0.25, 0.3) is 0 Å². The van der Waals surface area contributed by atoms with Crippen LogP contribution in [0.25, 0.3) is 0 Å². The quantitative estimate of drug-likeness (QED) is 0.638. The summed E-state index contributed by atoms with van der Waals surface area (Å²) in [4.78, 5) is 25.7. The molecule has 3 rings (SSSR count). The molecule has 0 radical (unpaired) electrons. The Bertz CT molecular complexity index is 741. The zero-order valence-corrected chi connectivity index (χ0v) is 12.0. The van der Waals surface area contributed by atoms with Crippen LogP contribution in [0.2, 0.25) is 0 Å². The predicted molar refractivity (Wildman–Crippen MR) is 79.2 cm³/mol. The fourth-order valence-corrected chi connectivity index (χ4v) is 3.63. The summed E-state index contributed by atoms with van der Waals surface area (Å²) < 4.78 is 0. The highest BCUT2D eigenvalue weighted by molar-refractivity contribution is 7.80. The molecule has 0 saturated carbocycles. The fraction of sp³-hybridized carbons (Fsp3) is 0.333. The van der Waals surface area contributed by atoms with Gasteiger partial charge < -0.3 is 4.90 Å². The van der Waals surface area contributed by atoms with Gasteiger partial charge in [-0.15, -0.1) is 12.6 Å². The minimum Gasteiger partial charge on any atom is -0.366 e. The van der Waals surface area contributed by atoms with Gasteiger partial charge in [0.15, 0.2) is 0 Å². The number of fused-ring (bicyclic) bond motifs is 1. The molecule has 0 N–H and O–H groups in total. The molecule has 0 fully saturated rings. The van der Waals surface area contributed by atoms with E-state index < -0.39 is 5.43 Å². The van der Waals surface area contributed by atoms with Crippen LogP contribution in [0.3, 0.4) is 0 Å². The minimum absolute atomic E-state index is 0.123. The van der Waals surface area contributed by atoms with Gasteiger partial charge in [0.05, 0.1) is 10.9 Å². The largest absolute Gasteiger partial charge is 0.366 e. The lowest BCUT2D eigenvalue weighted by Crippen LogP contribution is -2.45. The van der Waals surface area contributed by atoms with Crippen LogP contribution in [0.4, 0.5) is 5.69 Å². The third kappa shape index (κ3) is 1.40. The molecule has 98 valence electrons. The van der Waals surface area contributed by atoms with E-state index >= 15 is 0 Å². The molecule has 2 aromatic carbocycles. The van der Waals surface area contributed by atoms with Crippen LogP contribution >= 0.6 is 12.6 Å². The van der Waals surface area contributed by atoms with Crippen LogP contribution in [0.5, 0.6) is 0 Å². The van der Waals surface area contributed by atoms with E-state index in [-0.39, 0.29) is 16.9 Å². The van der Waals surface area contributed by atoms with Crippen LogP contribution in [-0.4, -0.2) is 7.05 Å². The number of likely N-dealkylation sites (N-methyl/N-ethyl adjacent to an activating group) is 1. The van der Waals surface area contributed by atoms with Gasteiger partial charge in [-0.3, -0.25) is 9.59 Å². The van der Waals surface area contributed by atoms with E-state index in [4.69, 9.17) is 0 Å². The van der Waals surface area contributed by atoms with E-state index in [1.165, 1.54) is 5.56 Å². The molecule has 0 bridgehead atoms. The molecule has 0 amide bonds. The molecule has 1 aliphatic heterocycles. The lowest BCUT2D eigenvalue weighted by molar-refractivity contribution is 0.430. The number of thiol groups is 1. The molecule has 1 heterocycles. The van der Waals surface area contributed by atoms with Gasteiger partial charge >= 0.3 is 0 Å². The van der Waals surface area contributed by atoms with Crippen LogP contribution in [0, 0.1) is 0 Å². The first-order valence-electron chi connectivity index (χ1n) is 6.22. The van der Waals surface area contributed by atoms with E-state index in [0.717, 1.165) is 5.69 Å². The first kappa shape index (κ1) is 12.5. The normalized spacial score (nSPS) is 20.8. The summed E-state index contributed by atoms with van der Waals surface area (Å²) in [6.07, 6.45) is 0. The lowest BCUT2D eigenvalue weighted by Gasteiger charge is -2.33. The van der Waals surface area contributed by atoms with Crippen molar-refractivity contribution in [1.29, 1.82) is 0 Å². The molecule has 4 heteroatoms. The van der Waals surface area contributed by atoms with Crippen LogP contribution in [0.1, 0.15) is 31.0 Å². The minimum atomic E-state index is -0.460. The molecule has 2 aromatic rings. The zero-order chi connectivity index (χ0) is 13.9. The highest BCUT2D eigenvalue weighted by Crippen LogP contribution is 2.51. The van der Waals surface area contributed by atoms with Crippen molar-refractivity contribution < 1.29 is 0 Å². The summed E-state index contributed by atoms with van der Waals surface area (Å²) in [5.74, 6) is 0. The van der Waals surface area contributed by atoms with Gasteiger partial charge in [0.1, 0.15) is 0 Å². The summed E-state index contributed by atoms with van der Waals surface area (Å²) in [6.45, 7) is 4.20. The number of hydrogen-bond acceptors (Lipinski definition) is 4.